The smallest absolute Gasteiger partial charge is 0.0000959 e. The highest BCUT2D eigenvalue weighted by atomic mass is 14.3. The molecule has 2 aliphatic rings. The van der Waals surface area contributed by atoms with Gasteiger partial charge in [0.1, 0.15) is 0 Å². The average Bonchev–Trinajstić information content (AvgIpc) is 3.47. The molecule has 0 heterocycles. The Labute approximate surface area is 246 Å². The van der Waals surface area contributed by atoms with E-state index in [0.717, 1.165) is 0 Å². The molecule has 0 saturated carbocycles. The molecule has 6 aromatic carbocycles. The van der Waals surface area contributed by atoms with Crippen LogP contribution in [0.5, 0.6) is 0 Å². The van der Waals surface area contributed by atoms with Crippen LogP contribution in [0.25, 0.3) is 21.9 Å². The van der Waals surface area contributed by atoms with E-state index < -0.39 is 0 Å². The molecule has 0 saturated heterocycles. The van der Waals surface area contributed by atoms with E-state index in [1.165, 1.54) is 109 Å². The zero-order valence-corrected chi connectivity index (χ0v) is 25.2. The van der Waals surface area contributed by atoms with Crippen LogP contribution in [0.2, 0.25) is 0 Å². The van der Waals surface area contributed by atoms with Gasteiger partial charge in [-0.1, -0.05) is 108 Å². The van der Waals surface area contributed by atoms with E-state index in [-0.39, 0.29) is 0 Å². The van der Waals surface area contributed by atoms with Crippen molar-refractivity contribution < 1.29 is 0 Å². The number of benzene rings is 6. The number of hydrogen-bond donors (Lipinski definition) is 0. The molecule has 0 spiro atoms. The van der Waals surface area contributed by atoms with Crippen LogP contribution in [0.4, 0.5) is 0 Å². The standard InChI is InChI=1S/C42H34/c1-23-19-25(3)35(26(4)20-23)39-33-17-11-9-15-31(33)37-29-13-7-8-14-30(29)38-32-16-10-12-18-34(32)40(42(38)41(37)39)36-27(5)21-24(2)22-28(36)6/h7-22H,1-6H3. The Morgan fingerprint density at radius 2 is 0.643 bits per heavy atom. The second-order valence-electron chi connectivity index (χ2n) is 12.4. The molecule has 0 N–H and O–H groups in total. The summed E-state index contributed by atoms with van der Waals surface area (Å²) >= 11 is 0. The number of rotatable bonds is 2. The lowest BCUT2D eigenvalue weighted by Crippen LogP contribution is -2.12. The predicted molar refractivity (Wildman–Crippen MR) is 176 cm³/mol. The maximum Gasteiger partial charge on any atom is -0.0000959 e. The van der Waals surface area contributed by atoms with E-state index in [1.54, 1.807) is 0 Å². The van der Waals surface area contributed by atoms with E-state index in [0.29, 0.717) is 0 Å². The summed E-state index contributed by atoms with van der Waals surface area (Å²) in [6.45, 7) is 13.6. The summed E-state index contributed by atoms with van der Waals surface area (Å²) in [7, 11) is 0. The topological polar surface area (TPSA) is 0 Å². The quantitative estimate of drug-likeness (QED) is 0.207. The molecule has 6 aromatic rings. The van der Waals surface area contributed by atoms with Crippen LogP contribution in [0.3, 0.4) is 0 Å². The summed E-state index contributed by atoms with van der Waals surface area (Å²) in [6, 6.07) is 36.7. The van der Waals surface area contributed by atoms with Crippen molar-refractivity contribution in [3.8, 4) is 0 Å². The van der Waals surface area contributed by atoms with Crippen LogP contribution < -0.4 is 10.4 Å². The van der Waals surface area contributed by atoms with Gasteiger partial charge in [-0.3, -0.25) is 0 Å². The summed E-state index contributed by atoms with van der Waals surface area (Å²) in [5.74, 6) is 0. The molecule has 0 fully saturated rings. The summed E-state index contributed by atoms with van der Waals surface area (Å²) in [5, 5.41) is 10.8. The molecule has 202 valence electrons. The maximum atomic E-state index is 2.35. The number of aryl methyl sites for hydroxylation is 6. The van der Waals surface area contributed by atoms with Gasteiger partial charge in [0.25, 0.3) is 0 Å². The van der Waals surface area contributed by atoms with Gasteiger partial charge in [-0.25, -0.2) is 0 Å². The lowest BCUT2D eigenvalue weighted by Gasteiger charge is -2.21. The van der Waals surface area contributed by atoms with Crippen LogP contribution in [0.1, 0.15) is 55.6 Å². The van der Waals surface area contributed by atoms with E-state index >= 15 is 0 Å². The highest BCUT2D eigenvalue weighted by Crippen LogP contribution is 2.43. The fourth-order valence-electron chi connectivity index (χ4n) is 8.27. The Kier molecular flexibility index (Phi) is 5.32. The van der Waals surface area contributed by atoms with Gasteiger partial charge in [-0.2, -0.15) is 0 Å². The minimum absolute atomic E-state index is 1.31. The van der Waals surface area contributed by atoms with Gasteiger partial charge in [0.2, 0.25) is 0 Å². The second kappa shape index (κ2) is 8.91. The molecule has 0 bridgehead atoms. The first-order valence-electron chi connectivity index (χ1n) is 15.0. The van der Waals surface area contributed by atoms with Crippen molar-refractivity contribution in [3.05, 3.63) is 184 Å². The molecule has 0 radical (unpaired) electrons. The lowest BCUT2D eigenvalue weighted by molar-refractivity contribution is 1.27. The number of fused-ring (bicyclic) bond motifs is 8. The van der Waals surface area contributed by atoms with Crippen LogP contribution in [0.15, 0.2) is 97.1 Å². The molecule has 0 nitrogen and oxygen atoms in total. The fourth-order valence-corrected chi connectivity index (χ4v) is 8.27. The molecule has 0 atom stereocenters. The van der Waals surface area contributed by atoms with Gasteiger partial charge in [0.05, 0.1) is 0 Å². The van der Waals surface area contributed by atoms with Crippen molar-refractivity contribution >= 4 is 21.9 Å². The fraction of sp³-hybridized carbons (Fsp3) is 0.143. The molecule has 0 heteroatoms. The highest BCUT2D eigenvalue weighted by molar-refractivity contribution is 6.02. The van der Waals surface area contributed by atoms with Crippen LogP contribution in [-0.2, 0) is 0 Å². The van der Waals surface area contributed by atoms with E-state index in [9.17, 15) is 0 Å². The Morgan fingerprint density at radius 3 is 1.00 bits per heavy atom. The third kappa shape index (κ3) is 3.30. The van der Waals surface area contributed by atoms with Crippen molar-refractivity contribution in [2.45, 2.75) is 41.5 Å². The Hall–Kier alpha value is -4.68. The van der Waals surface area contributed by atoms with Crippen molar-refractivity contribution in [2.24, 2.45) is 0 Å². The first-order valence-corrected chi connectivity index (χ1v) is 15.0. The second-order valence-corrected chi connectivity index (χ2v) is 12.4. The molecular formula is C42H34. The first-order chi connectivity index (χ1) is 20.3. The molecule has 8 rings (SSSR count). The Morgan fingerprint density at radius 1 is 0.333 bits per heavy atom. The normalized spacial score (nSPS) is 12.9. The summed E-state index contributed by atoms with van der Waals surface area (Å²) in [4.78, 5) is 0. The van der Waals surface area contributed by atoms with Crippen molar-refractivity contribution in [1.82, 2.24) is 0 Å². The molecule has 0 unspecified atom stereocenters. The van der Waals surface area contributed by atoms with E-state index in [4.69, 9.17) is 0 Å². The summed E-state index contributed by atoms with van der Waals surface area (Å²) in [6.07, 6.45) is 0. The van der Waals surface area contributed by atoms with Crippen molar-refractivity contribution in [2.75, 3.05) is 0 Å². The highest BCUT2D eigenvalue weighted by Gasteiger charge is 2.29. The molecule has 0 aromatic heterocycles. The predicted octanol–water partition coefficient (Wildman–Crippen LogP) is 8.39. The third-order valence-electron chi connectivity index (χ3n) is 9.50. The maximum absolute atomic E-state index is 2.35. The van der Waals surface area contributed by atoms with Crippen LogP contribution in [0, 0.1) is 62.4 Å². The third-order valence-corrected chi connectivity index (χ3v) is 9.50. The lowest BCUT2D eigenvalue weighted by atomic mass is 9.81. The SMILES string of the molecule is Cc1cc(C)c(C2=c3ccccc3=c3c2c2c(c4ccccc34)=c3ccccc3=C2c2c(C)cc(C)cc2C)c(C)c1. The minimum Gasteiger partial charge on any atom is -0.0616 e. The summed E-state index contributed by atoms with van der Waals surface area (Å²) < 4.78 is 0. The van der Waals surface area contributed by atoms with E-state index in [1.807, 2.05) is 0 Å². The van der Waals surface area contributed by atoms with Crippen molar-refractivity contribution in [3.63, 3.8) is 0 Å². The average molecular weight is 539 g/mol. The molecular weight excluding hydrogens is 504 g/mol. The molecule has 2 aliphatic carbocycles. The Balaban J connectivity index is 1.71. The summed E-state index contributed by atoms with van der Waals surface area (Å²) in [5.41, 5.74) is 16.3. The van der Waals surface area contributed by atoms with E-state index in [2.05, 4.69) is 139 Å². The molecule has 42 heavy (non-hydrogen) atoms. The van der Waals surface area contributed by atoms with Gasteiger partial charge >= 0.3 is 0 Å². The monoisotopic (exact) mass is 538 g/mol. The van der Waals surface area contributed by atoms with Gasteiger partial charge in [0.15, 0.2) is 0 Å². The van der Waals surface area contributed by atoms with Gasteiger partial charge in [-0.05, 0) is 139 Å². The first kappa shape index (κ1) is 25.1. The van der Waals surface area contributed by atoms with Crippen LogP contribution in [-0.4, -0.2) is 0 Å². The molecule has 0 aliphatic heterocycles. The zero-order chi connectivity index (χ0) is 28.9. The van der Waals surface area contributed by atoms with Gasteiger partial charge in [-0.15, -0.1) is 0 Å². The van der Waals surface area contributed by atoms with Crippen molar-refractivity contribution in [1.29, 1.82) is 0 Å². The zero-order valence-electron chi connectivity index (χ0n) is 25.2. The Bertz CT molecular complexity index is 2280. The molecule has 0 amide bonds. The van der Waals surface area contributed by atoms with Gasteiger partial charge < -0.3 is 0 Å². The van der Waals surface area contributed by atoms with Crippen LogP contribution >= 0.6 is 0 Å². The number of hydrogen-bond acceptors (Lipinski definition) is 0. The van der Waals surface area contributed by atoms with Gasteiger partial charge in [0, 0.05) is 0 Å². The minimum atomic E-state index is 1.31. The largest absolute Gasteiger partial charge is 0.0616 e.